The molecule has 0 aliphatic heterocycles. The van der Waals surface area contributed by atoms with Gasteiger partial charge in [0.05, 0.1) is 17.4 Å². The molecule has 12 nitrogen and oxygen atoms in total. The lowest BCUT2D eigenvalue weighted by molar-refractivity contribution is -0.155. The monoisotopic (exact) mass is 803 g/mol. The van der Waals surface area contributed by atoms with Crippen molar-refractivity contribution in [1.82, 2.24) is 21.3 Å². The average Bonchev–Trinajstić information content (AvgIpc) is 3.60. The van der Waals surface area contributed by atoms with Crippen LogP contribution < -0.4 is 21.3 Å². The highest BCUT2D eigenvalue weighted by molar-refractivity contribution is 5.99. The molecular weight excluding hydrogens is 725 g/mol. The van der Waals surface area contributed by atoms with Gasteiger partial charge in [0, 0.05) is 30.2 Å². The van der Waals surface area contributed by atoms with E-state index in [1.165, 1.54) is 19.3 Å². The van der Waals surface area contributed by atoms with Gasteiger partial charge in [0.15, 0.2) is 5.78 Å². The molecule has 2 fully saturated rings. The van der Waals surface area contributed by atoms with Crippen molar-refractivity contribution >= 4 is 41.2 Å². The third kappa shape index (κ3) is 14.2. The van der Waals surface area contributed by atoms with Crippen molar-refractivity contribution in [2.75, 3.05) is 0 Å². The summed E-state index contributed by atoms with van der Waals surface area (Å²) in [6.07, 6.45) is 7.82. The Kier molecular flexibility index (Phi) is 18.0. The van der Waals surface area contributed by atoms with Gasteiger partial charge < -0.3 is 26.4 Å². The first-order chi connectivity index (χ1) is 26.1. The van der Waals surface area contributed by atoms with Crippen molar-refractivity contribution in [3.63, 3.8) is 0 Å². The normalized spacial score (nSPS) is 19.7. The predicted octanol–water partition coefficient (Wildman–Crippen LogP) is 6.92. The Morgan fingerprint density at radius 1 is 0.667 bits per heavy atom. The molecule has 2 aliphatic carbocycles. The van der Waals surface area contributed by atoms with Gasteiger partial charge >= 0.3 is 5.97 Å². The van der Waals surface area contributed by atoms with E-state index in [1.54, 1.807) is 41.5 Å². The van der Waals surface area contributed by atoms with E-state index in [2.05, 4.69) is 21.3 Å². The van der Waals surface area contributed by atoms with Crippen LogP contribution in [0.2, 0.25) is 0 Å². The summed E-state index contributed by atoms with van der Waals surface area (Å²) in [6, 6.07) is -3.77. The minimum atomic E-state index is -1.56. The number of carbonyl (C=O) groups excluding carboxylic acids is 6. The molecule has 57 heavy (non-hydrogen) atoms. The summed E-state index contributed by atoms with van der Waals surface area (Å²) in [7, 11) is 0. The van der Waals surface area contributed by atoms with E-state index in [0.29, 0.717) is 25.2 Å². The molecule has 0 saturated heterocycles. The fraction of sp³-hybridized carbons (Fsp3) is 0.844. The molecular formula is C45H78N4O8. The van der Waals surface area contributed by atoms with Crippen molar-refractivity contribution in [2.45, 2.75) is 198 Å². The van der Waals surface area contributed by atoms with Gasteiger partial charge in [-0.2, -0.15) is 0 Å². The van der Waals surface area contributed by atoms with Gasteiger partial charge in [0.25, 0.3) is 0 Å². The second kappa shape index (κ2) is 20.6. The molecule has 5 N–H and O–H groups in total. The number of carbonyl (C=O) groups is 7. The molecule has 0 radical (unpaired) electrons. The summed E-state index contributed by atoms with van der Waals surface area (Å²) in [5, 5.41) is 22.2. The maximum absolute atomic E-state index is 14.4. The third-order valence-electron chi connectivity index (χ3n) is 12.5. The second-order valence-electron chi connectivity index (χ2n) is 20.9. The van der Waals surface area contributed by atoms with Crippen molar-refractivity contribution < 1.29 is 38.7 Å². The molecule has 326 valence electrons. The van der Waals surface area contributed by atoms with Gasteiger partial charge in [-0.15, -0.1) is 0 Å². The lowest BCUT2D eigenvalue weighted by Crippen LogP contribution is -2.61. The number of carboxylic acid groups (broad SMARTS) is 1. The first-order valence-corrected chi connectivity index (χ1v) is 21.7. The quantitative estimate of drug-likeness (QED) is 0.0931. The smallest absolute Gasteiger partial charge is 0.312 e. The molecule has 0 aromatic carbocycles. The van der Waals surface area contributed by atoms with Crippen LogP contribution in [0.3, 0.4) is 0 Å². The molecule has 0 spiro atoms. The molecule has 0 heterocycles. The maximum atomic E-state index is 14.4. The van der Waals surface area contributed by atoms with Crippen molar-refractivity contribution in [3.05, 3.63) is 0 Å². The lowest BCUT2D eigenvalue weighted by atomic mass is 9.76. The number of nitrogens with one attached hydrogen (secondary N) is 4. The molecule has 12 heteroatoms. The Labute approximate surface area is 343 Å². The summed E-state index contributed by atoms with van der Waals surface area (Å²) in [5.74, 6) is -5.42. The van der Waals surface area contributed by atoms with Crippen LogP contribution in [-0.4, -0.2) is 70.4 Å². The van der Waals surface area contributed by atoms with Crippen LogP contribution in [0.15, 0.2) is 0 Å². The van der Waals surface area contributed by atoms with Crippen molar-refractivity contribution in [3.8, 4) is 0 Å². The Morgan fingerprint density at radius 3 is 1.68 bits per heavy atom. The standard InChI is InChI=1S/C45H78N4O8/c1-14-32(42(5,6)7)46-40(55)36(45(41(56)57)22-18-19-23-45)49-38(53)30(26-33(51)43(8,9)10)25-31(50)35(44(11,12)13)48-39(54)34(27(2)3)47-37(52)28(4)24-29-20-16-15-17-21-29/h27-30,32,34-36H,14-26H2,1-13H3,(H,46,55)(H,47,52)(H,48,54)(H,49,53)(H,56,57)/t28-,30+,32-,34+,35-,36-/m1/s1. The van der Waals surface area contributed by atoms with E-state index in [4.69, 9.17) is 0 Å². The topological polar surface area (TPSA) is 188 Å². The average molecular weight is 803 g/mol. The van der Waals surface area contributed by atoms with Gasteiger partial charge in [-0.1, -0.05) is 135 Å². The first-order valence-electron chi connectivity index (χ1n) is 21.7. The molecule has 0 aromatic heterocycles. The maximum Gasteiger partial charge on any atom is 0.312 e. The summed E-state index contributed by atoms with van der Waals surface area (Å²) in [4.78, 5) is 96.7. The van der Waals surface area contributed by atoms with E-state index in [9.17, 15) is 38.7 Å². The minimum absolute atomic E-state index is 0.183. The Bertz CT molecular complexity index is 1420. The lowest BCUT2D eigenvalue weighted by Gasteiger charge is -2.38. The van der Waals surface area contributed by atoms with Crippen molar-refractivity contribution in [1.29, 1.82) is 0 Å². The van der Waals surface area contributed by atoms with Crippen LogP contribution in [0, 0.1) is 45.3 Å². The first kappa shape index (κ1) is 49.8. The summed E-state index contributed by atoms with van der Waals surface area (Å²) >= 11 is 0. The third-order valence-corrected chi connectivity index (χ3v) is 12.5. The number of ketones is 2. The van der Waals surface area contributed by atoms with Crippen LogP contribution in [0.5, 0.6) is 0 Å². The van der Waals surface area contributed by atoms with Crippen molar-refractivity contribution in [2.24, 2.45) is 45.3 Å². The van der Waals surface area contributed by atoms with E-state index in [1.807, 2.05) is 48.5 Å². The minimum Gasteiger partial charge on any atom is -0.481 e. The van der Waals surface area contributed by atoms with E-state index < -0.39 is 76.2 Å². The number of aliphatic carboxylic acids is 1. The van der Waals surface area contributed by atoms with Gasteiger partial charge in [0.2, 0.25) is 23.6 Å². The molecule has 2 rings (SSSR count). The Hall–Kier alpha value is -3.31. The SMILES string of the molecule is CC[C@@H](NC(=O)[C@@H](NC(=O)[C@@H](CC(=O)[C@@H](NC(=O)[C@@H](NC(=O)[C@H](C)CC1CCCCC1)C(C)C)C(C)(C)C)CC(=O)C(C)(C)C)C1(C(=O)O)CCCC1)C(C)(C)C. The van der Waals surface area contributed by atoms with Crippen LogP contribution >= 0.6 is 0 Å². The molecule has 0 aromatic rings. The molecule has 4 amide bonds. The number of hydrogen-bond donors (Lipinski definition) is 5. The molecule has 0 bridgehead atoms. The van der Waals surface area contributed by atoms with E-state index >= 15 is 0 Å². The fourth-order valence-electron chi connectivity index (χ4n) is 8.55. The largest absolute Gasteiger partial charge is 0.481 e. The van der Waals surface area contributed by atoms with Crippen LogP contribution in [-0.2, 0) is 33.6 Å². The molecule has 2 saturated carbocycles. The Balaban J connectivity index is 2.44. The summed E-state index contributed by atoms with van der Waals surface area (Å²) in [6.45, 7) is 23.9. The zero-order chi connectivity index (χ0) is 43.7. The van der Waals surface area contributed by atoms with Crippen LogP contribution in [0.1, 0.15) is 173 Å². The van der Waals surface area contributed by atoms with Gasteiger partial charge in [-0.25, -0.2) is 0 Å². The fourth-order valence-corrected chi connectivity index (χ4v) is 8.55. The van der Waals surface area contributed by atoms with Gasteiger partial charge in [0.1, 0.15) is 17.9 Å². The van der Waals surface area contributed by atoms with Crippen LogP contribution in [0.4, 0.5) is 0 Å². The van der Waals surface area contributed by atoms with Gasteiger partial charge in [-0.05, 0) is 48.3 Å². The summed E-state index contributed by atoms with van der Waals surface area (Å²) < 4.78 is 0. The van der Waals surface area contributed by atoms with Gasteiger partial charge in [-0.3, -0.25) is 33.6 Å². The molecule has 0 unspecified atom stereocenters. The zero-order valence-corrected chi connectivity index (χ0v) is 37.6. The highest BCUT2D eigenvalue weighted by atomic mass is 16.4. The number of rotatable bonds is 19. The highest BCUT2D eigenvalue weighted by Crippen LogP contribution is 2.42. The summed E-state index contributed by atoms with van der Waals surface area (Å²) in [5.41, 5.74) is -3.61. The van der Waals surface area contributed by atoms with E-state index in [-0.39, 0.29) is 54.2 Å². The van der Waals surface area contributed by atoms with Crippen LogP contribution in [0.25, 0.3) is 0 Å². The number of Topliss-reactive ketones (excluding diaryl/α,β-unsaturated/α-hetero) is 2. The molecule has 6 atom stereocenters. The predicted molar refractivity (Wildman–Crippen MR) is 223 cm³/mol. The number of carboxylic acids is 1. The van der Waals surface area contributed by atoms with E-state index in [0.717, 1.165) is 19.3 Å². The second-order valence-corrected chi connectivity index (χ2v) is 20.9. The zero-order valence-electron chi connectivity index (χ0n) is 37.6. The number of hydrogen-bond acceptors (Lipinski definition) is 7. The highest BCUT2D eigenvalue weighted by Gasteiger charge is 2.53. The Morgan fingerprint density at radius 2 is 1.23 bits per heavy atom. The molecule has 2 aliphatic rings. The number of amides is 4.